The van der Waals surface area contributed by atoms with Crippen LogP contribution in [0.25, 0.3) is 0 Å². The van der Waals surface area contributed by atoms with Crippen molar-refractivity contribution in [2.24, 2.45) is 5.73 Å². The number of nitriles is 1. The fourth-order valence-corrected chi connectivity index (χ4v) is 2.53. The molecule has 1 unspecified atom stereocenters. The van der Waals surface area contributed by atoms with Gasteiger partial charge in [-0.3, -0.25) is 0 Å². The van der Waals surface area contributed by atoms with Crippen molar-refractivity contribution < 1.29 is 9.47 Å². The second-order valence-corrected chi connectivity index (χ2v) is 6.62. The number of para-hydroxylation sites is 1. The maximum atomic E-state index is 8.86. The van der Waals surface area contributed by atoms with Gasteiger partial charge in [0.2, 0.25) is 0 Å². The molecule has 0 radical (unpaired) electrons. The second-order valence-electron chi connectivity index (χ2n) is 6.62. The molecule has 0 saturated carbocycles. The van der Waals surface area contributed by atoms with Gasteiger partial charge < -0.3 is 15.2 Å². The van der Waals surface area contributed by atoms with Gasteiger partial charge in [0.15, 0.2) is 11.5 Å². The number of hydrogen-bond donors (Lipinski definition) is 1. The van der Waals surface area contributed by atoms with E-state index in [2.05, 4.69) is 26.0 Å². The van der Waals surface area contributed by atoms with Crippen LogP contribution < -0.4 is 15.2 Å². The summed E-state index contributed by atoms with van der Waals surface area (Å²) in [5.41, 5.74) is 6.10. The molecule has 0 aliphatic carbocycles. The Morgan fingerprint density at radius 1 is 1.43 bits per heavy atom. The molecular formula is C17H24N2O2. The van der Waals surface area contributed by atoms with E-state index in [4.69, 9.17) is 20.5 Å². The van der Waals surface area contributed by atoms with E-state index in [1.807, 2.05) is 12.1 Å². The minimum Gasteiger partial charge on any atom is -0.490 e. The van der Waals surface area contributed by atoms with Crippen molar-refractivity contribution in [1.29, 1.82) is 5.26 Å². The van der Waals surface area contributed by atoms with Crippen LogP contribution in [0, 0.1) is 11.3 Å². The summed E-state index contributed by atoms with van der Waals surface area (Å²) in [6.07, 6.45) is 3.35. The van der Waals surface area contributed by atoms with Gasteiger partial charge in [0, 0.05) is 12.0 Å². The highest BCUT2D eigenvalue weighted by Crippen LogP contribution is 2.41. The highest BCUT2D eigenvalue weighted by molar-refractivity contribution is 5.50. The lowest BCUT2D eigenvalue weighted by Crippen LogP contribution is -2.33. The van der Waals surface area contributed by atoms with Gasteiger partial charge in [-0.15, -0.1) is 0 Å². The summed E-state index contributed by atoms with van der Waals surface area (Å²) in [6, 6.07) is 8.15. The first kappa shape index (κ1) is 15.7. The fraction of sp³-hybridized carbons (Fsp3) is 0.588. The predicted molar refractivity (Wildman–Crippen MR) is 82.4 cm³/mol. The third-order valence-corrected chi connectivity index (χ3v) is 3.66. The zero-order chi connectivity index (χ0) is 15.5. The lowest BCUT2D eigenvalue weighted by atomic mass is 9.98. The molecule has 1 aliphatic heterocycles. The summed E-state index contributed by atoms with van der Waals surface area (Å²) < 4.78 is 11.8. The first-order valence-electron chi connectivity index (χ1n) is 7.47. The van der Waals surface area contributed by atoms with Crippen LogP contribution in [0.4, 0.5) is 0 Å². The Balaban J connectivity index is 1.84. The van der Waals surface area contributed by atoms with Crippen molar-refractivity contribution in [1.82, 2.24) is 0 Å². The molecular weight excluding hydrogens is 264 g/mol. The van der Waals surface area contributed by atoms with Crippen LogP contribution >= 0.6 is 0 Å². The molecule has 1 heterocycles. The van der Waals surface area contributed by atoms with Crippen LogP contribution in [-0.2, 0) is 6.42 Å². The number of nitrogens with zero attached hydrogens (tertiary/aromatic N) is 1. The predicted octanol–water partition coefficient (Wildman–Crippen LogP) is 3.19. The van der Waals surface area contributed by atoms with Gasteiger partial charge in [-0.2, -0.15) is 5.26 Å². The standard InChI is InChI=1S/C17H24N2O2/c1-16(2)11-13-7-6-8-14(15(13)21-16)20-10-5-4-9-17(3,19)12-18/h6-8H,4-5,9-11,19H2,1-3H3. The summed E-state index contributed by atoms with van der Waals surface area (Å²) in [7, 11) is 0. The van der Waals surface area contributed by atoms with Gasteiger partial charge >= 0.3 is 0 Å². The monoisotopic (exact) mass is 288 g/mol. The maximum absolute atomic E-state index is 8.86. The van der Waals surface area contributed by atoms with Crippen molar-refractivity contribution in [3.63, 3.8) is 0 Å². The van der Waals surface area contributed by atoms with E-state index in [0.717, 1.165) is 30.8 Å². The molecule has 0 saturated heterocycles. The van der Waals surface area contributed by atoms with Crippen LogP contribution in [0.3, 0.4) is 0 Å². The minimum absolute atomic E-state index is 0.157. The largest absolute Gasteiger partial charge is 0.490 e. The van der Waals surface area contributed by atoms with E-state index in [-0.39, 0.29) is 5.60 Å². The van der Waals surface area contributed by atoms with E-state index in [1.165, 1.54) is 5.56 Å². The Morgan fingerprint density at radius 3 is 2.90 bits per heavy atom. The van der Waals surface area contributed by atoms with Crippen molar-refractivity contribution in [3.8, 4) is 17.6 Å². The Labute approximate surface area is 126 Å². The van der Waals surface area contributed by atoms with Crippen LogP contribution in [-0.4, -0.2) is 17.7 Å². The Bertz CT molecular complexity index is 544. The number of rotatable bonds is 6. The Morgan fingerprint density at radius 2 is 2.19 bits per heavy atom. The van der Waals surface area contributed by atoms with Crippen LogP contribution in [0.1, 0.15) is 45.6 Å². The molecule has 1 aromatic carbocycles. The molecule has 2 rings (SSSR count). The second kappa shape index (κ2) is 5.95. The lowest BCUT2D eigenvalue weighted by Gasteiger charge is -2.18. The number of hydrogen-bond acceptors (Lipinski definition) is 4. The third kappa shape index (κ3) is 4.12. The average Bonchev–Trinajstić information content (AvgIpc) is 2.73. The van der Waals surface area contributed by atoms with E-state index in [1.54, 1.807) is 6.92 Å². The summed E-state index contributed by atoms with van der Waals surface area (Å²) in [4.78, 5) is 0. The highest BCUT2D eigenvalue weighted by Gasteiger charge is 2.32. The molecule has 114 valence electrons. The van der Waals surface area contributed by atoms with Crippen molar-refractivity contribution in [2.75, 3.05) is 6.61 Å². The molecule has 1 aromatic rings. The summed E-state index contributed by atoms with van der Waals surface area (Å²) in [5, 5.41) is 8.86. The molecule has 21 heavy (non-hydrogen) atoms. The molecule has 0 fully saturated rings. The van der Waals surface area contributed by atoms with Gasteiger partial charge in [-0.05, 0) is 46.1 Å². The maximum Gasteiger partial charge on any atom is 0.165 e. The molecule has 0 amide bonds. The average molecular weight is 288 g/mol. The van der Waals surface area contributed by atoms with Crippen LogP contribution in [0.15, 0.2) is 18.2 Å². The Kier molecular flexibility index (Phi) is 4.43. The number of benzene rings is 1. The van der Waals surface area contributed by atoms with Gasteiger partial charge in [0.05, 0.1) is 12.7 Å². The van der Waals surface area contributed by atoms with E-state index in [9.17, 15) is 0 Å². The molecule has 1 atom stereocenters. The normalized spacial score (nSPS) is 18.2. The van der Waals surface area contributed by atoms with Gasteiger partial charge in [0.1, 0.15) is 11.1 Å². The number of unbranched alkanes of at least 4 members (excludes halogenated alkanes) is 1. The highest BCUT2D eigenvalue weighted by atomic mass is 16.5. The molecule has 2 N–H and O–H groups in total. The summed E-state index contributed by atoms with van der Waals surface area (Å²) >= 11 is 0. The zero-order valence-corrected chi connectivity index (χ0v) is 13.1. The van der Waals surface area contributed by atoms with Gasteiger partial charge in [-0.1, -0.05) is 12.1 Å². The third-order valence-electron chi connectivity index (χ3n) is 3.66. The number of fused-ring (bicyclic) bond motifs is 1. The molecule has 4 heteroatoms. The fourth-order valence-electron chi connectivity index (χ4n) is 2.53. The number of ether oxygens (including phenoxy) is 2. The minimum atomic E-state index is -0.735. The van der Waals surface area contributed by atoms with Gasteiger partial charge in [-0.25, -0.2) is 0 Å². The smallest absolute Gasteiger partial charge is 0.165 e. The Hall–Kier alpha value is -1.73. The lowest BCUT2D eigenvalue weighted by molar-refractivity contribution is 0.132. The SMILES string of the molecule is CC(N)(C#N)CCCCOc1cccc2c1OC(C)(C)C2. The van der Waals surface area contributed by atoms with Crippen LogP contribution in [0.5, 0.6) is 11.5 Å². The van der Waals surface area contributed by atoms with Crippen molar-refractivity contribution >= 4 is 0 Å². The molecule has 1 aliphatic rings. The topological polar surface area (TPSA) is 68.3 Å². The number of nitrogens with two attached hydrogens (primary N) is 1. The van der Waals surface area contributed by atoms with Gasteiger partial charge in [0.25, 0.3) is 0 Å². The van der Waals surface area contributed by atoms with Crippen molar-refractivity contribution in [3.05, 3.63) is 23.8 Å². The molecule has 0 aromatic heterocycles. The van der Waals surface area contributed by atoms with Crippen molar-refractivity contribution in [2.45, 2.75) is 57.6 Å². The summed E-state index contributed by atoms with van der Waals surface area (Å²) in [6.45, 7) is 6.54. The quantitative estimate of drug-likeness (QED) is 0.816. The molecule has 0 bridgehead atoms. The first-order valence-corrected chi connectivity index (χ1v) is 7.47. The van der Waals surface area contributed by atoms with Crippen LogP contribution in [0.2, 0.25) is 0 Å². The van der Waals surface area contributed by atoms with E-state index >= 15 is 0 Å². The first-order chi connectivity index (χ1) is 9.83. The molecule has 4 nitrogen and oxygen atoms in total. The van der Waals surface area contributed by atoms with E-state index < -0.39 is 5.54 Å². The van der Waals surface area contributed by atoms with E-state index in [0.29, 0.717) is 13.0 Å². The molecule has 0 spiro atoms. The summed E-state index contributed by atoms with van der Waals surface area (Å²) in [5.74, 6) is 1.69. The zero-order valence-electron chi connectivity index (χ0n) is 13.1.